The number of benzene rings is 2. The van der Waals surface area contributed by atoms with Crippen LogP contribution in [-0.4, -0.2) is 67.4 Å². The fourth-order valence-electron chi connectivity index (χ4n) is 5.20. The van der Waals surface area contributed by atoms with E-state index in [4.69, 9.17) is 10.00 Å². The van der Waals surface area contributed by atoms with Crippen molar-refractivity contribution in [2.45, 2.75) is 38.8 Å². The Morgan fingerprint density at radius 2 is 1.71 bits per heavy atom. The highest BCUT2D eigenvalue weighted by molar-refractivity contribution is 6.32. The van der Waals surface area contributed by atoms with E-state index in [9.17, 15) is 27.6 Å². The summed E-state index contributed by atoms with van der Waals surface area (Å²) in [5.74, 6) is -0.769. The smallest absolute Gasteiger partial charge is 0.417 e. The van der Waals surface area contributed by atoms with Crippen LogP contribution < -0.4 is 9.64 Å². The lowest BCUT2D eigenvalue weighted by Gasteiger charge is -2.35. The van der Waals surface area contributed by atoms with Crippen LogP contribution in [0.3, 0.4) is 0 Å². The van der Waals surface area contributed by atoms with E-state index < -0.39 is 29.1 Å². The Labute approximate surface area is 236 Å². The topological polar surface area (TPSA) is 93.9 Å². The lowest BCUT2D eigenvalue weighted by molar-refractivity contribution is -0.138. The van der Waals surface area contributed by atoms with Crippen LogP contribution in [0.25, 0.3) is 0 Å². The number of hydrogen-bond donors (Lipinski definition) is 0. The molecule has 4 rings (SSSR count). The van der Waals surface area contributed by atoms with Crippen molar-refractivity contribution in [2.24, 2.45) is 0 Å². The molecule has 1 fully saturated rings. The molecule has 41 heavy (non-hydrogen) atoms. The Hall–Kier alpha value is -4.17. The third-order valence-electron chi connectivity index (χ3n) is 7.52. The number of carbonyl (C=O) groups is 3. The van der Waals surface area contributed by atoms with Gasteiger partial charge in [-0.05, 0) is 63.1 Å². The number of halogens is 3. The van der Waals surface area contributed by atoms with Crippen LogP contribution in [0.2, 0.25) is 0 Å². The number of ether oxygens (including phenoxy) is 1. The Morgan fingerprint density at radius 3 is 2.37 bits per heavy atom. The standard InChI is InChI=1S/C30H31F3N4O4/c1-20-23(29(40)37(27(20)38)22-12-11-21(19-34)25(18-22)30(31,32)33)8-4-3-7-13-35-14-16-36(17-15-35)28(39)24-9-5-6-10-26(24)41-2/h5-6,9-12,18H,3-4,7-8,13-17H2,1-2H3. The van der Waals surface area contributed by atoms with Gasteiger partial charge in [-0.2, -0.15) is 18.4 Å². The molecular weight excluding hydrogens is 537 g/mol. The number of alkyl halides is 3. The number of para-hydroxylation sites is 1. The van der Waals surface area contributed by atoms with Crippen LogP contribution in [0.15, 0.2) is 53.6 Å². The second-order valence-electron chi connectivity index (χ2n) is 10.0. The molecule has 11 heteroatoms. The van der Waals surface area contributed by atoms with E-state index in [1.54, 1.807) is 19.2 Å². The van der Waals surface area contributed by atoms with Gasteiger partial charge in [0.2, 0.25) is 0 Å². The number of nitriles is 1. The Balaban J connectivity index is 1.25. The molecule has 0 saturated carbocycles. The number of carbonyl (C=O) groups excluding carboxylic acids is 3. The summed E-state index contributed by atoms with van der Waals surface area (Å²) in [5.41, 5.74) is -0.889. The Kier molecular flexibility index (Phi) is 9.13. The summed E-state index contributed by atoms with van der Waals surface area (Å²) in [6.07, 6.45) is -2.14. The van der Waals surface area contributed by atoms with Crippen LogP contribution in [0.4, 0.5) is 18.9 Å². The van der Waals surface area contributed by atoms with E-state index in [1.165, 1.54) is 19.1 Å². The van der Waals surface area contributed by atoms with Crippen molar-refractivity contribution >= 4 is 23.4 Å². The highest BCUT2D eigenvalue weighted by atomic mass is 19.4. The van der Waals surface area contributed by atoms with Crippen LogP contribution >= 0.6 is 0 Å². The van der Waals surface area contributed by atoms with Crippen molar-refractivity contribution in [3.05, 3.63) is 70.3 Å². The van der Waals surface area contributed by atoms with Gasteiger partial charge in [0.25, 0.3) is 17.7 Å². The summed E-state index contributed by atoms with van der Waals surface area (Å²) in [5, 5.41) is 9.02. The molecule has 0 N–H and O–H groups in total. The van der Waals surface area contributed by atoms with Crippen LogP contribution in [0, 0.1) is 11.3 Å². The minimum absolute atomic E-state index is 0.0498. The van der Waals surface area contributed by atoms with Gasteiger partial charge in [0, 0.05) is 37.3 Å². The molecule has 3 amide bonds. The van der Waals surface area contributed by atoms with Crippen LogP contribution in [-0.2, 0) is 15.8 Å². The average molecular weight is 569 g/mol. The molecule has 0 aromatic heterocycles. The second-order valence-corrected chi connectivity index (χ2v) is 10.0. The molecule has 0 unspecified atom stereocenters. The number of amides is 3. The predicted octanol–water partition coefficient (Wildman–Crippen LogP) is 4.79. The minimum atomic E-state index is -4.80. The van der Waals surface area contributed by atoms with E-state index in [0.717, 1.165) is 43.4 Å². The van der Waals surface area contributed by atoms with Gasteiger partial charge in [-0.15, -0.1) is 0 Å². The molecule has 8 nitrogen and oxygen atoms in total. The fourth-order valence-corrected chi connectivity index (χ4v) is 5.20. The molecule has 2 heterocycles. The van der Waals surface area contributed by atoms with E-state index in [2.05, 4.69) is 4.90 Å². The first-order valence-corrected chi connectivity index (χ1v) is 13.4. The number of nitrogens with zero attached hydrogens (tertiary/aromatic N) is 4. The van der Waals surface area contributed by atoms with Crippen molar-refractivity contribution in [2.75, 3.05) is 44.7 Å². The lowest BCUT2D eigenvalue weighted by atomic mass is 10.0. The maximum atomic E-state index is 13.4. The number of rotatable bonds is 9. The predicted molar refractivity (Wildman–Crippen MR) is 145 cm³/mol. The summed E-state index contributed by atoms with van der Waals surface area (Å²) < 4.78 is 45.5. The van der Waals surface area contributed by atoms with Gasteiger partial charge in [0.15, 0.2) is 0 Å². The SMILES string of the molecule is COc1ccccc1C(=O)N1CCN(CCCCCC2=C(C)C(=O)N(c3ccc(C#N)c(C(F)(F)F)c3)C2=O)CC1. The second kappa shape index (κ2) is 12.6. The third-order valence-corrected chi connectivity index (χ3v) is 7.52. The highest BCUT2D eigenvalue weighted by Crippen LogP contribution is 2.37. The van der Waals surface area contributed by atoms with Gasteiger partial charge < -0.3 is 9.64 Å². The molecule has 0 radical (unpaired) electrons. The molecule has 0 spiro atoms. The number of imide groups is 1. The first-order chi connectivity index (χ1) is 19.6. The Morgan fingerprint density at radius 1 is 1.00 bits per heavy atom. The number of piperazine rings is 1. The van der Waals surface area contributed by atoms with Gasteiger partial charge >= 0.3 is 6.18 Å². The summed E-state index contributed by atoms with van der Waals surface area (Å²) in [4.78, 5) is 43.6. The largest absolute Gasteiger partial charge is 0.496 e. The van der Waals surface area contributed by atoms with Gasteiger partial charge in [-0.25, -0.2) is 4.90 Å². The molecular formula is C30H31F3N4O4. The molecule has 0 bridgehead atoms. The third kappa shape index (κ3) is 6.43. The van der Waals surface area contributed by atoms with Crippen molar-refractivity contribution in [1.82, 2.24) is 9.80 Å². The summed E-state index contributed by atoms with van der Waals surface area (Å²) >= 11 is 0. The van der Waals surface area contributed by atoms with Crippen molar-refractivity contribution in [1.29, 1.82) is 5.26 Å². The zero-order valence-electron chi connectivity index (χ0n) is 23.0. The van der Waals surface area contributed by atoms with Gasteiger partial charge in [0.1, 0.15) is 5.75 Å². The van der Waals surface area contributed by atoms with E-state index in [0.29, 0.717) is 48.9 Å². The first kappa shape index (κ1) is 29.8. The molecule has 2 aliphatic heterocycles. The number of methoxy groups -OCH3 is 1. The van der Waals surface area contributed by atoms with E-state index in [1.807, 2.05) is 17.0 Å². The lowest BCUT2D eigenvalue weighted by Crippen LogP contribution is -2.48. The summed E-state index contributed by atoms with van der Waals surface area (Å²) in [7, 11) is 1.54. The number of anilines is 1. The Bertz CT molecular complexity index is 1410. The average Bonchev–Trinajstić information content (AvgIpc) is 3.18. The van der Waals surface area contributed by atoms with Gasteiger partial charge in [-0.1, -0.05) is 18.6 Å². The molecule has 2 aliphatic rings. The highest BCUT2D eigenvalue weighted by Gasteiger charge is 2.39. The molecule has 2 aromatic rings. The first-order valence-electron chi connectivity index (χ1n) is 13.4. The van der Waals surface area contributed by atoms with Crippen molar-refractivity contribution < 1.29 is 32.3 Å². The van der Waals surface area contributed by atoms with E-state index in [-0.39, 0.29) is 17.2 Å². The number of hydrogen-bond acceptors (Lipinski definition) is 6. The van der Waals surface area contributed by atoms with Crippen LogP contribution in [0.5, 0.6) is 5.75 Å². The maximum Gasteiger partial charge on any atom is 0.417 e. The van der Waals surface area contributed by atoms with E-state index >= 15 is 0 Å². The van der Waals surface area contributed by atoms with Crippen LogP contribution in [0.1, 0.15) is 54.1 Å². The molecule has 0 atom stereocenters. The minimum Gasteiger partial charge on any atom is -0.496 e. The summed E-state index contributed by atoms with van der Waals surface area (Å²) in [6.45, 7) is 5.06. The fraction of sp³-hybridized carbons (Fsp3) is 0.400. The van der Waals surface area contributed by atoms with Crippen molar-refractivity contribution in [3.8, 4) is 11.8 Å². The normalized spacial score (nSPS) is 16.4. The van der Waals surface area contributed by atoms with Gasteiger partial charge in [-0.3, -0.25) is 19.3 Å². The monoisotopic (exact) mass is 568 g/mol. The quantitative estimate of drug-likeness (QED) is 0.319. The molecule has 216 valence electrons. The molecule has 2 aromatic carbocycles. The van der Waals surface area contributed by atoms with Crippen molar-refractivity contribution in [3.63, 3.8) is 0 Å². The molecule has 1 saturated heterocycles. The molecule has 0 aliphatic carbocycles. The zero-order chi connectivity index (χ0) is 29.7. The number of unbranched alkanes of at least 4 members (excludes halogenated alkanes) is 2. The summed E-state index contributed by atoms with van der Waals surface area (Å²) in [6, 6.07) is 11.5. The van der Waals surface area contributed by atoms with Gasteiger partial charge in [0.05, 0.1) is 35.6 Å². The maximum absolute atomic E-state index is 13.4. The zero-order valence-corrected chi connectivity index (χ0v) is 23.0.